The molecular formula is C13H9Br2N3O3. The van der Waals surface area contributed by atoms with Crippen molar-refractivity contribution >= 4 is 49.3 Å². The van der Waals surface area contributed by atoms with Gasteiger partial charge >= 0.3 is 0 Å². The second kappa shape index (κ2) is 6.31. The highest BCUT2D eigenvalue weighted by Crippen LogP contribution is 2.24. The number of hydrogen-bond donors (Lipinski definition) is 1. The molecule has 2 rings (SSSR count). The standard InChI is InChI=1S/C13H9Br2N3O3/c1-7-4-12(16-6-11(7)15)17-13(19)9-5-8(18(20)21)2-3-10(9)14/h2-6H,1H3,(H,16,17,19). The van der Waals surface area contributed by atoms with Crippen LogP contribution in [-0.2, 0) is 0 Å². The van der Waals surface area contributed by atoms with Crippen LogP contribution in [0.15, 0.2) is 39.4 Å². The summed E-state index contributed by atoms with van der Waals surface area (Å²) in [6, 6.07) is 5.70. The number of hydrogen-bond acceptors (Lipinski definition) is 4. The molecule has 0 saturated carbocycles. The molecule has 0 aliphatic carbocycles. The van der Waals surface area contributed by atoms with Gasteiger partial charge in [-0.3, -0.25) is 14.9 Å². The highest BCUT2D eigenvalue weighted by Gasteiger charge is 2.16. The van der Waals surface area contributed by atoms with Crippen LogP contribution in [0.1, 0.15) is 15.9 Å². The minimum absolute atomic E-state index is 0.150. The number of anilines is 1. The van der Waals surface area contributed by atoms with E-state index in [0.29, 0.717) is 10.3 Å². The van der Waals surface area contributed by atoms with Crippen LogP contribution in [0.5, 0.6) is 0 Å². The van der Waals surface area contributed by atoms with E-state index in [1.54, 1.807) is 12.3 Å². The zero-order valence-electron chi connectivity index (χ0n) is 10.8. The second-order valence-corrected chi connectivity index (χ2v) is 5.90. The van der Waals surface area contributed by atoms with Gasteiger partial charge in [0, 0.05) is 27.3 Å². The predicted molar refractivity (Wildman–Crippen MR) is 85.4 cm³/mol. The number of carbonyl (C=O) groups is 1. The molecule has 1 N–H and O–H groups in total. The summed E-state index contributed by atoms with van der Waals surface area (Å²) in [5.41, 5.74) is 0.938. The molecule has 1 heterocycles. The van der Waals surface area contributed by atoms with E-state index < -0.39 is 10.8 Å². The van der Waals surface area contributed by atoms with Gasteiger partial charge in [0.15, 0.2) is 0 Å². The molecule has 0 unspecified atom stereocenters. The summed E-state index contributed by atoms with van der Waals surface area (Å²) >= 11 is 6.53. The van der Waals surface area contributed by atoms with Crippen molar-refractivity contribution in [1.29, 1.82) is 0 Å². The van der Waals surface area contributed by atoms with Crippen LogP contribution < -0.4 is 5.32 Å². The van der Waals surface area contributed by atoms with Crippen molar-refractivity contribution in [2.75, 3.05) is 5.32 Å². The lowest BCUT2D eigenvalue weighted by Gasteiger charge is -2.07. The molecule has 0 bridgehead atoms. The SMILES string of the molecule is Cc1cc(NC(=O)c2cc([N+](=O)[O-])ccc2Br)ncc1Br. The molecule has 0 spiro atoms. The van der Waals surface area contributed by atoms with Crippen molar-refractivity contribution in [3.05, 3.63) is 60.6 Å². The molecule has 0 saturated heterocycles. The number of nitro groups is 1. The molecule has 0 radical (unpaired) electrons. The Bertz CT molecular complexity index is 735. The van der Waals surface area contributed by atoms with E-state index in [0.717, 1.165) is 10.0 Å². The number of benzene rings is 1. The molecule has 0 atom stereocenters. The van der Waals surface area contributed by atoms with Crippen molar-refractivity contribution in [3.63, 3.8) is 0 Å². The van der Waals surface area contributed by atoms with Crippen LogP contribution in [0.25, 0.3) is 0 Å². The molecule has 6 nitrogen and oxygen atoms in total. The first-order chi connectivity index (χ1) is 9.88. The summed E-state index contributed by atoms with van der Waals surface area (Å²) in [6.45, 7) is 1.87. The largest absolute Gasteiger partial charge is 0.307 e. The van der Waals surface area contributed by atoms with Crippen LogP contribution >= 0.6 is 31.9 Å². The van der Waals surface area contributed by atoms with Gasteiger partial charge in [-0.05, 0) is 56.5 Å². The lowest BCUT2D eigenvalue weighted by Crippen LogP contribution is -2.14. The van der Waals surface area contributed by atoms with Crippen molar-refractivity contribution in [1.82, 2.24) is 4.98 Å². The number of pyridine rings is 1. The summed E-state index contributed by atoms with van der Waals surface area (Å²) in [4.78, 5) is 26.5. The fourth-order valence-electron chi connectivity index (χ4n) is 1.59. The number of carbonyl (C=O) groups excluding carboxylic acids is 1. The Hall–Kier alpha value is -1.80. The number of halogens is 2. The molecule has 1 aromatic carbocycles. The number of aromatic nitrogens is 1. The van der Waals surface area contributed by atoms with Crippen molar-refractivity contribution in [2.24, 2.45) is 0 Å². The van der Waals surface area contributed by atoms with Gasteiger partial charge in [-0.15, -0.1) is 0 Å². The third kappa shape index (κ3) is 3.64. The van der Waals surface area contributed by atoms with E-state index >= 15 is 0 Å². The fraction of sp³-hybridized carbons (Fsp3) is 0.0769. The molecule has 2 aromatic rings. The predicted octanol–water partition coefficient (Wildman–Crippen LogP) is 4.08. The number of nitro benzene ring substituents is 1. The second-order valence-electron chi connectivity index (χ2n) is 4.19. The molecule has 108 valence electrons. The molecular weight excluding hydrogens is 406 g/mol. The molecule has 0 fully saturated rings. The summed E-state index contributed by atoms with van der Waals surface area (Å²) < 4.78 is 1.30. The fourth-order valence-corrected chi connectivity index (χ4v) is 2.24. The molecule has 0 aliphatic rings. The summed E-state index contributed by atoms with van der Waals surface area (Å²) in [7, 11) is 0. The van der Waals surface area contributed by atoms with E-state index in [2.05, 4.69) is 42.2 Å². The molecule has 1 aromatic heterocycles. The summed E-state index contributed by atoms with van der Waals surface area (Å²) in [6.07, 6.45) is 1.58. The van der Waals surface area contributed by atoms with Crippen LogP contribution in [-0.4, -0.2) is 15.8 Å². The third-order valence-electron chi connectivity index (χ3n) is 2.69. The van der Waals surface area contributed by atoms with Gasteiger partial charge in [0.1, 0.15) is 5.82 Å². The van der Waals surface area contributed by atoms with E-state index in [1.165, 1.54) is 18.2 Å². The Morgan fingerprint density at radius 2 is 2.00 bits per heavy atom. The Kier molecular flexibility index (Phi) is 4.69. The lowest BCUT2D eigenvalue weighted by atomic mass is 10.2. The van der Waals surface area contributed by atoms with E-state index in [9.17, 15) is 14.9 Å². The van der Waals surface area contributed by atoms with Gasteiger partial charge in [-0.1, -0.05) is 0 Å². The first-order valence-electron chi connectivity index (χ1n) is 5.76. The average Bonchev–Trinajstić information content (AvgIpc) is 2.43. The van der Waals surface area contributed by atoms with Crippen molar-refractivity contribution < 1.29 is 9.72 Å². The third-order valence-corrected chi connectivity index (χ3v) is 4.22. The summed E-state index contributed by atoms with van der Waals surface area (Å²) in [5.74, 6) is -0.0982. The maximum absolute atomic E-state index is 12.2. The number of amides is 1. The number of nitrogens with zero attached hydrogens (tertiary/aromatic N) is 2. The zero-order valence-corrected chi connectivity index (χ0v) is 13.9. The quantitative estimate of drug-likeness (QED) is 0.605. The van der Waals surface area contributed by atoms with Crippen molar-refractivity contribution in [3.8, 4) is 0 Å². The average molecular weight is 415 g/mol. The van der Waals surface area contributed by atoms with E-state index in [4.69, 9.17) is 0 Å². The Labute approximate surface area is 137 Å². The van der Waals surface area contributed by atoms with Gasteiger partial charge in [0.05, 0.1) is 10.5 Å². The van der Waals surface area contributed by atoms with Gasteiger partial charge < -0.3 is 5.32 Å². The molecule has 0 aliphatic heterocycles. The van der Waals surface area contributed by atoms with Crippen molar-refractivity contribution in [2.45, 2.75) is 6.92 Å². The normalized spacial score (nSPS) is 10.2. The molecule has 1 amide bonds. The van der Waals surface area contributed by atoms with Gasteiger partial charge in [0.25, 0.3) is 11.6 Å². The van der Waals surface area contributed by atoms with E-state index in [1.807, 2.05) is 6.92 Å². The maximum Gasteiger partial charge on any atom is 0.270 e. The topological polar surface area (TPSA) is 85.1 Å². The number of aryl methyl sites for hydroxylation is 1. The maximum atomic E-state index is 12.2. The highest BCUT2D eigenvalue weighted by atomic mass is 79.9. The molecule has 21 heavy (non-hydrogen) atoms. The highest BCUT2D eigenvalue weighted by molar-refractivity contribution is 9.10. The number of rotatable bonds is 3. The van der Waals surface area contributed by atoms with E-state index in [-0.39, 0.29) is 11.3 Å². The van der Waals surface area contributed by atoms with Crippen LogP contribution in [0.2, 0.25) is 0 Å². The first-order valence-corrected chi connectivity index (χ1v) is 7.34. The van der Waals surface area contributed by atoms with Crippen LogP contribution in [0.3, 0.4) is 0 Å². The minimum atomic E-state index is -0.550. The Morgan fingerprint density at radius 3 is 2.62 bits per heavy atom. The number of nitrogens with one attached hydrogen (secondary N) is 1. The Balaban J connectivity index is 2.29. The summed E-state index contributed by atoms with van der Waals surface area (Å²) in [5, 5.41) is 13.4. The van der Waals surface area contributed by atoms with Crippen LogP contribution in [0.4, 0.5) is 11.5 Å². The smallest absolute Gasteiger partial charge is 0.270 e. The van der Waals surface area contributed by atoms with Gasteiger partial charge in [0.2, 0.25) is 0 Å². The zero-order chi connectivity index (χ0) is 15.6. The molecule has 8 heteroatoms. The van der Waals surface area contributed by atoms with Crippen LogP contribution in [0, 0.1) is 17.0 Å². The van der Waals surface area contributed by atoms with Gasteiger partial charge in [-0.25, -0.2) is 4.98 Å². The van der Waals surface area contributed by atoms with Gasteiger partial charge in [-0.2, -0.15) is 0 Å². The monoisotopic (exact) mass is 413 g/mol. The minimum Gasteiger partial charge on any atom is -0.307 e. The first kappa shape index (κ1) is 15.6. The number of non-ortho nitro benzene ring substituents is 1. The Morgan fingerprint density at radius 1 is 1.29 bits per heavy atom. The lowest BCUT2D eigenvalue weighted by molar-refractivity contribution is -0.384.